The summed E-state index contributed by atoms with van der Waals surface area (Å²) in [7, 11) is 3.26. The number of aromatic hydroxyl groups is 1. The Morgan fingerprint density at radius 1 is 1.17 bits per heavy atom. The van der Waals surface area contributed by atoms with Gasteiger partial charge in [-0.25, -0.2) is 0 Å². The molecule has 1 atom stereocenters. The van der Waals surface area contributed by atoms with Crippen molar-refractivity contribution in [1.82, 2.24) is 10.2 Å². The van der Waals surface area contributed by atoms with E-state index in [9.17, 15) is 5.11 Å². The number of methoxy groups -OCH3 is 2. The van der Waals surface area contributed by atoms with Crippen molar-refractivity contribution in [3.8, 4) is 17.2 Å². The van der Waals surface area contributed by atoms with Crippen molar-refractivity contribution in [1.29, 1.82) is 0 Å². The predicted molar refractivity (Wildman–Crippen MR) is 100 cm³/mol. The first-order valence-corrected chi connectivity index (χ1v) is 8.12. The molecule has 1 aliphatic heterocycles. The number of phenolic OH excluding ortho intramolecular Hbond substituents is 1. The van der Waals surface area contributed by atoms with Crippen LogP contribution >= 0.6 is 24.8 Å². The molecule has 0 amide bonds. The second-order valence-corrected chi connectivity index (χ2v) is 6.24. The quantitative estimate of drug-likeness (QED) is 0.796. The number of phenols is 1. The SMILES string of the molecule is COc1cc(O)c([C@@H](CC2CC2)N2CCNCC2)c(OC)c1.Cl.Cl. The molecule has 7 heteroatoms. The average Bonchev–Trinajstić information content (AvgIpc) is 3.37. The third-order valence-electron chi connectivity index (χ3n) is 4.73. The molecular formula is C17H28Cl2N2O3. The van der Waals surface area contributed by atoms with E-state index < -0.39 is 0 Å². The van der Waals surface area contributed by atoms with Crippen LogP contribution in [0.2, 0.25) is 0 Å². The zero-order valence-corrected chi connectivity index (χ0v) is 15.9. The lowest BCUT2D eigenvalue weighted by Gasteiger charge is -2.36. The largest absolute Gasteiger partial charge is 0.507 e. The molecule has 1 saturated heterocycles. The molecule has 138 valence electrons. The fourth-order valence-corrected chi connectivity index (χ4v) is 3.32. The van der Waals surface area contributed by atoms with Crippen molar-refractivity contribution in [2.24, 2.45) is 5.92 Å². The molecule has 0 aromatic heterocycles. The summed E-state index contributed by atoms with van der Waals surface area (Å²) in [4.78, 5) is 2.47. The highest BCUT2D eigenvalue weighted by atomic mass is 35.5. The lowest BCUT2D eigenvalue weighted by Crippen LogP contribution is -2.45. The maximum atomic E-state index is 10.6. The Balaban J connectivity index is 0.00000144. The molecular weight excluding hydrogens is 351 g/mol. The highest BCUT2D eigenvalue weighted by Crippen LogP contribution is 2.46. The van der Waals surface area contributed by atoms with Gasteiger partial charge in [0.15, 0.2) is 0 Å². The van der Waals surface area contributed by atoms with Gasteiger partial charge in [-0.3, -0.25) is 4.90 Å². The van der Waals surface area contributed by atoms with E-state index in [0.29, 0.717) is 5.75 Å². The van der Waals surface area contributed by atoms with Crippen LogP contribution in [-0.4, -0.2) is 50.4 Å². The third kappa shape index (κ3) is 4.82. The van der Waals surface area contributed by atoms with E-state index >= 15 is 0 Å². The molecule has 1 aromatic carbocycles. The van der Waals surface area contributed by atoms with Crippen LogP contribution in [0.15, 0.2) is 12.1 Å². The Morgan fingerprint density at radius 3 is 2.38 bits per heavy atom. The minimum atomic E-state index is 0. The molecule has 0 bridgehead atoms. The van der Waals surface area contributed by atoms with Gasteiger partial charge in [0.05, 0.1) is 19.8 Å². The number of rotatable bonds is 6. The van der Waals surface area contributed by atoms with Gasteiger partial charge in [-0.1, -0.05) is 12.8 Å². The normalized spacial score (nSPS) is 18.9. The topological polar surface area (TPSA) is 54.0 Å². The third-order valence-corrected chi connectivity index (χ3v) is 4.73. The average molecular weight is 379 g/mol. The minimum Gasteiger partial charge on any atom is -0.507 e. The molecule has 5 nitrogen and oxygen atoms in total. The zero-order valence-electron chi connectivity index (χ0n) is 14.3. The number of halogens is 2. The Morgan fingerprint density at radius 2 is 1.83 bits per heavy atom. The minimum absolute atomic E-state index is 0. The number of hydrogen-bond acceptors (Lipinski definition) is 5. The molecule has 1 aliphatic carbocycles. The highest BCUT2D eigenvalue weighted by Gasteiger charge is 2.33. The van der Waals surface area contributed by atoms with Crippen LogP contribution in [0.5, 0.6) is 17.2 Å². The second-order valence-electron chi connectivity index (χ2n) is 6.24. The summed E-state index contributed by atoms with van der Waals surface area (Å²) in [5.41, 5.74) is 0.914. The van der Waals surface area contributed by atoms with Crippen LogP contribution in [0, 0.1) is 5.92 Å². The Bertz CT molecular complexity index is 521. The first-order chi connectivity index (χ1) is 10.7. The molecule has 3 rings (SSSR count). The van der Waals surface area contributed by atoms with Crippen molar-refractivity contribution in [3.63, 3.8) is 0 Å². The van der Waals surface area contributed by atoms with Gasteiger partial charge in [0.2, 0.25) is 0 Å². The molecule has 0 radical (unpaired) electrons. The van der Waals surface area contributed by atoms with E-state index in [1.54, 1.807) is 20.3 Å². The van der Waals surface area contributed by atoms with Gasteiger partial charge in [-0.2, -0.15) is 0 Å². The zero-order chi connectivity index (χ0) is 15.5. The maximum absolute atomic E-state index is 10.6. The number of ether oxygens (including phenoxy) is 2. The summed E-state index contributed by atoms with van der Waals surface area (Å²) in [6.45, 7) is 4.01. The number of piperazine rings is 1. The number of benzene rings is 1. The van der Waals surface area contributed by atoms with E-state index in [4.69, 9.17) is 9.47 Å². The predicted octanol–water partition coefficient (Wildman–Crippen LogP) is 3.00. The standard InChI is InChI=1S/C17H26N2O3.2ClH/c1-21-13-10-15(20)17(16(11-13)22-2)14(9-12-3-4-12)19-7-5-18-6-8-19;;/h10-12,14,18,20H,3-9H2,1-2H3;2*1H/t14-;;/m1../s1. The van der Waals surface area contributed by atoms with Crippen molar-refractivity contribution in [3.05, 3.63) is 17.7 Å². The fourth-order valence-electron chi connectivity index (χ4n) is 3.32. The van der Waals surface area contributed by atoms with Crippen LogP contribution in [0.25, 0.3) is 0 Å². The Kier molecular flexibility index (Phi) is 8.43. The molecule has 2 aliphatic rings. The lowest BCUT2D eigenvalue weighted by molar-refractivity contribution is 0.155. The molecule has 1 heterocycles. The molecule has 2 fully saturated rings. The van der Waals surface area contributed by atoms with E-state index in [-0.39, 0.29) is 36.6 Å². The maximum Gasteiger partial charge on any atom is 0.131 e. The summed E-state index contributed by atoms with van der Waals surface area (Å²) < 4.78 is 10.8. The monoisotopic (exact) mass is 378 g/mol. The van der Waals surface area contributed by atoms with Gasteiger partial charge >= 0.3 is 0 Å². The van der Waals surface area contributed by atoms with Crippen molar-refractivity contribution in [2.75, 3.05) is 40.4 Å². The van der Waals surface area contributed by atoms with Crippen LogP contribution in [0.4, 0.5) is 0 Å². The number of nitrogens with zero attached hydrogens (tertiary/aromatic N) is 1. The van der Waals surface area contributed by atoms with Crippen LogP contribution in [-0.2, 0) is 0 Å². The van der Waals surface area contributed by atoms with Crippen molar-refractivity contribution < 1.29 is 14.6 Å². The molecule has 1 saturated carbocycles. The molecule has 1 aromatic rings. The molecule has 0 spiro atoms. The number of hydrogen-bond donors (Lipinski definition) is 2. The van der Waals surface area contributed by atoms with E-state index in [1.165, 1.54) is 12.8 Å². The van der Waals surface area contributed by atoms with E-state index in [1.807, 2.05) is 6.07 Å². The van der Waals surface area contributed by atoms with E-state index in [0.717, 1.165) is 49.8 Å². The first-order valence-electron chi connectivity index (χ1n) is 8.12. The van der Waals surface area contributed by atoms with Crippen LogP contribution in [0.1, 0.15) is 30.9 Å². The van der Waals surface area contributed by atoms with E-state index in [2.05, 4.69) is 10.2 Å². The second kappa shape index (κ2) is 9.56. The van der Waals surface area contributed by atoms with Crippen LogP contribution < -0.4 is 14.8 Å². The summed E-state index contributed by atoms with van der Waals surface area (Å²) in [5, 5.41) is 14.0. The molecule has 2 N–H and O–H groups in total. The smallest absolute Gasteiger partial charge is 0.131 e. The number of nitrogens with one attached hydrogen (secondary N) is 1. The van der Waals surface area contributed by atoms with Gasteiger partial charge in [-0.15, -0.1) is 24.8 Å². The fraction of sp³-hybridized carbons (Fsp3) is 0.647. The summed E-state index contributed by atoms with van der Waals surface area (Å²) in [6.07, 6.45) is 3.71. The van der Waals surface area contributed by atoms with Crippen LogP contribution in [0.3, 0.4) is 0 Å². The van der Waals surface area contributed by atoms with Gasteiger partial charge in [-0.05, 0) is 12.3 Å². The highest BCUT2D eigenvalue weighted by molar-refractivity contribution is 5.85. The van der Waals surface area contributed by atoms with Crippen molar-refractivity contribution in [2.45, 2.75) is 25.3 Å². The van der Waals surface area contributed by atoms with Gasteiger partial charge in [0.25, 0.3) is 0 Å². The Hall–Kier alpha value is -0.880. The summed E-state index contributed by atoms with van der Waals surface area (Å²) in [5.74, 6) is 2.41. The van der Waals surface area contributed by atoms with Gasteiger partial charge in [0.1, 0.15) is 17.2 Å². The van der Waals surface area contributed by atoms with Gasteiger partial charge in [0, 0.05) is 44.4 Å². The first kappa shape index (κ1) is 21.2. The molecule has 24 heavy (non-hydrogen) atoms. The lowest BCUT2D eigenvalue weighted by atomic mass is 9.96. The summed E-state index contributed by atoms with van der Waals surface area (Å²) in [6, 6.07) is 3.78. The summed E-state index contributed by atoms with van der Waals surface area (Å²) >= 11 is 0. The molecule has 0 unspecified atom stereocenters. The Labute approximate surface area is 156 Å². The van der Waals surface area contributed by atoms with Gasteiger partial charge < -0.3 is 19.9 Å². The van der Waals surface area contributed by atoms with Crippen molar-refractivity contribution >= 4 is 24.8 Å².